The molecule has 0 spiro atoms. The van der Waals surface area contributed by atoms with Crippen molar-refractivity contribution in [2.45, 2.75) is 32.2 Å². The Morgan fingerprint density at radius 2 is 2.18 bits per heavy atom. The summed E-state index contributed by atoms with van der Waals surface area (Å²) < 4.78 is 0. The molecule has 3 nitrogen and oxygen atoms in total. The van der Waals surface area contributed by atoms with Crippen LogP contribution in [0.4, 0.5) is 0 Å². The number of hydrogen-bond donors (Lipinski definition) is 2. The highest BCUT2D eigenvalue weighted by atomic mass is 35.5. The van der Waals surface area contributed by atoms with Crippen molar-refractivity contribution in [3.05, 3.63) is 0 Å². The highest BCUT2D eigenvalue weighted by Crippen LogP contribution is 2.14. The Kier molecular flexibility index (Phi) is 4.26. The van der Waals surface area contributed by atoms with Gasteiger partial charge in [0.25, 0.3) is 0 Å². The average Bonchev–Trinajstić information content (AvgIpc) is 1.88. The smallest absolute Gasteiger partial charge is 0.188 e. The van der Waals surface area contributed by atoms with Crippen LogP contribution in [0.3, 0.4) is 0 Å². The summed E-state index contributed by atoms with van der Waals surface area (Å²) in [6.45, 7) is 3.09. The first-order valence-electron chi connectivity index (χ1n) is 3.82. The standard InChI is InChI=1S/C7H15N3.ClH/c1-6-4-2-3-5-10(6)7(8)9;/h6H,2-5H2,1H3,(H3,8,9);1H. The van der Waals surface area contributed by atoms with E-state index in [1.165, 1.54) is 19.3 Å². The summed E-state index contributed by atoms with van der Waals surface area (Å²) in [5, 5.41) is 7.22. The molecule has 0 aromatic rings. The van der Waals surface area contributed by atoms with Crippen LogP contribution in [-0.4, -0.2) is 23.4 Å². The molecule has 0 amide bonds. The van der Waals surface area contributed by atoms with Gasteiger partial charge < -0.3 is 10.6 Å². The fourth-order valence-electron chi connectivity index (χ4n) is 1.46. The Hall–Kier alpha value is -0.440. The predicted octanol–water partition coefficient (Wildman–Crippen LogP) is 1.18. The molecule has 1 aliphatic heterocycles. The quantitative estimate of drug-likeness (QED) is 0.431. The second kappa shape index (κ2) is 4.44. The first-order chi connectivity index (χ1) is 4.72. The van der Waals surface area contributed by atoms with E-state index in [9.17, 15) is 0 Å². The SMILES string of the molecule is CC1CCCCN1C(=N)N.Cl. The molecular weight excluding hydrogens is 162 g/mol. The number of nitrogens with one attached hydrogen (secondary N) is 1. The summed E-state index contributed by atoms with van der Waals surface area (Å²) in [5.41, 5.74) is 5.37. The second-order valence-corrected chi connectivity index (χ2v) is 2.92. The molecule has 66 valence electrons. The Labute approximate surface area is 73.9 Å². The predicted molar refractivity (Wildman–Crippen MR) is 49.2 cm³/mol. The molecule has 4 heteroatoms. The number of hydrogen-bond acceptors (Lipinski definition) is 1. The van der Waals surface area contributed by atoms with Gasteiger partial charge in [-0.25, -0.2) is 0 Å². The third kappa shape index (κ3) is 2.58. The van der Waals surface area contributed by atoms with Crippen LogP contribution in [0.25, 0.3) is 0 Å². The lowest BCUT2D eigenvalue weighted by molar-refractivity contribution is 0.254. The fraction of sp³-hybridized carbons (Fsp3) is 0.857. The van der Waals surface area contributed by atoms with Crippen LogP contribution in [0.1, 0.15) is 26.2 Å². The van der Waals surface area contributed by atoms with Gasteiger partial charge in [0.15, 0.2) is 5.96 Å². The highest BCUT2D eigenvalue weighted by molar-refractivity contribution is 5.85. The van der Waals surface area contributed by atoms with Crippen LogP contribution < -0.4 is 5.73 Å². The second-order valence-electron chi connectivity index (χ2n) is 2.92. The van der Waals surface area contributed by atoms with Gasteiger partial charge >= 0.3 is 0 Å². The van der Waals surface area contributed by atoms with Gasteiger partial charge in [0.1, 0.15) is 0 Å². The van der Waals surface area contributed by atoms with Crippen LogP contribution >= 0.6 is 12.4 Å². The lowest BCUT2D eigenvalue weighted by Gasteiger charge is -2.33. The normalized spacial score (nSPS) is 24.1. The van der Waals surface area contributed by atoms with Crippen LogP contribution in [0.2, 0.25) is 0 Å². The minimum atomic E-state index is 0. The van der Waals surface area contributed by atoms with Gasteiger partial charge in [-0.2, -0.15) is 0 Å². The number of nitrogens with two attached hydrogens (primary N) is 1. The molecular formula is C7H16ClN3. The molecule has 1 aliphatic rings. The van der Waals surface area contributed by atoms with Crippen molar-refractivity contribution in [3.63, 3.8) is 0 Å². The molecule has 1 unspecified atom stereocenters. The maximum atomic E-state index is 7.22. The van der Waals surface area contributed by atoms with Gasteiger partial charge in [0.2, 0.25) is 0 Å². The molecule has 1 heterocycles. The molecule has 1 atom stereocenters. The average molecular weight is 178 g/mol. The van der Waals surface area contributed by atoms with Gasteiger partial charge in [-0.1, -0.05) is 0 Å². The van der Waals surface area contributed by atoms with Gasteiger partial charge in [0.05, 0.1) is 0 Å². The first kappa shape index (κ1) is 10.6. The van der Waals surface area contributed by atoms with E-state index in [0.29, 0.717) is 6.04 Å². The van der Waals surface area contributed by atoms with Crippen LogP contribution in [0.15, 0.2) is 0 Å². The molecule has 11 heavy (non-hydrogen) atoms. The molecule has 1 rings (SSSR count). The maximum Gasteiger partial charge on any atom is 0.188 e. The molecule has 1 fully saturated rings. The topological polar surface area (TPSA) is 53.1 Å². The van der Waals surface area contributed by atoms with Gasteiger partial charge in [-0.3, -0.25) is 5.41 Å². The van der Waals surface area contributed by atoms with Crippen molar-refractivity contribution in [1.29, 1.82) is 5.41 Å². The largest absolute Gasteiger partial charge is 0.370 e. The molecule has 0 aromatic heterocycles. The number of piperidine rings is 1. The van der Waals surface area contributed by atoms with Crippen molar-refractivity contribution < 1.29 is 0 Å². The van der Waals surface area contributed by atoms with Gasteiger partial charge in [-0.15, -0.1) is 12.4 Å². The van der Waals surface area contributed by atoms with E-state index >= 15 is 0 Å². The number of halogens is 1. The van der Waals surface area contributed by atoms with E-state index in [1.54, 1.807) is 0 Å². The Morgan fingerprint density at radius 3 is 2.55 bits per heavy atom. The minimum Gasteiger partial charge on any atom is -0.370 e. The zero-order chi connectivity index (χ0) is 7.56. The zero-order valence-electron chi connectivity index (χ0n) is 6.84. The Balaban J connectivity index is 0.000001000. The van der Waals surface area contributed by atoms with E-state index in [1.807, 2.05) is 4.90 Å². The maximum absolute atomic E-state index is 7.22. The Bertz CT molecular complexity index is 138. The molecule has 0 aliphatic carbocycles. The van der Waals surface area contributed by atoms with E-state index in [-0.39, 0.29) is 18.4 Å². The number of nitrogens with zero attached hydrogens (tertiary/aromatic N) is 1. The minimum absolute atomic E-state index is 0. The molecule has 0 bridgehead atoms. The van der Waals surface area contributed by atoms with Gasteiger partial charge in [0, 0.05) is 12.6 Å². The summed E-state index contributed by atoms with van der Waals surface area (Å²) >= 11 is 0. The highest BCUT2D eigenvalue weighted by Gasteiger charge is 2.18. The van der Waals surface area contributed by atoms with Crippen LogP contribution in [0, 0.1) is 5.41 Å². The molecule has 1 saturated heterocycles. The fourth-order valence-corrected chi connectivity index (χ4v) is 1.46. The van der Waals surface area contributed by atoms with E-state index < -0.39 is 0 Å². The number of rotatable bonds is 0. The molecule has 0 saturated carbocycles. The van der Waals surface area contributed by atoms with E-state index in [4.69, 9.17) is 11.1 Å². The van der Waals surface area contributed by atoms with E-state index in [0.717, 1.165) is 6.54 Å². The molecule has 3 N–H and O–H groups in total. The van der Waals surface area contributed by atoms with Crippen molar-refractivity contribution in [2.75, 3.05) is 6.54 Å². The monoisotopic (exact) mass is 177 g/mol. The summed E-state index contributed by atoms with van der Waals surface area (Å²) in [7, 11) is 0. The number of likely N-dealkylation sites (tertiary alicyclic amines) is 1. The van der Waals surface area contributed by atoms with Crippen LogP contribution in [-0.2, 0) is 0 Å². The van der Waals surface area contributed by atoms with Crippen molar-refractivity contribution >= 4 is 18.4 Å². The Morgan fingerprint density at radius 1 is 1.55 bits per heavy atom. The van der Waals surface area contributed by atoms with Crippen molar-refractivity contribution in [2.24, 2.45) is 5.73 Å². The van der Waals surface area contributed by atoms with Gasteiger partial charge in [-0.05, 0) is 26.2 Å². The molecule has 0 radical (unpaired) electrons. The lowest BCUT2D eigenvalue weighted by Crippen LogP contribution is -2.45. The molecule has 0 aromatic carbocycles. The lowest BCUT2D eigenvalue weighted by atomic mass is 10.0. The number of guanidine groups is 1. The van der Waals surface area contributed by atoms with Crippen molar-refractivity contribution in [1.82, 2.24) is 4.90 Å². The summed E-state index contributed by atoms with van der Waals surface area (Å²) in [5.74, 6) is 0.229. The summed E-state index contributed by atoms with van der Waals surface area (Å²) in [6.07, 6.45) is 3.65. The van der Waals surface area contributed by atoms with Crippen molar-refractivity contribution in [3.8, 4) is 0 Å². The summed E-state index contributed by atoms with van der Waals surface area (Å²) in [4.78, 5) is 1.96. The summed E-state index contributed by atoms with van der Waals surface area (Å²) in [6, 6.07) is 0.478. The van der Waals surface area contributed by atoms with Crippen LogP contribution in [0.5, 0.6) is 0 Å². The zero-order valence-corrected chi connectivity index (χ0v) is 7.66. The van der Waals surface area contributed by atoms with E-state index in [2.05, 4.69) is 6.92 Å². The first-order valence-corrected chi connectivity index (χ1v) is 3.82. The third-order valence-corrected chi connectivity index (χ3v) is 2.11. The third-order valence-electron chi connectivity index (χ3n) is 2.11.